The van der Waals surface area contributed by atoms with Crippen molar-refractivity contribution >= 4 is 21.6 Å². The van der Waals surface area contributed by atoms with E-state index in [-0.39, 0.29) is 16.5 Å². The highest BCUT2D eigenvalue weighted by molar-refractivity contribution is 7.89. The van der Waals surface area contributed by atoms with Crippen LogP contribution >= 0.6 is 11.6 Å². The number of halogens is 1. The molecule has 7 nitrogen and oxygen atoms in total. The van der Waals surface area contributed by atoms with Crippen molar-refractivity contribution in [2.75, 3.05) is 7.05 Å². The highest BCUT2D eigenvalue weighted by atomic mass is 35.5. The summed E-state index contributed by atoms with van der Waals surface area (Å²) in [6.45, 7) is 0.606. The fraction of sp³-hybridized carbons (Fsp3) is 0.333. The van der Waals surface area contributed by atoms with Gasteiger partial charge in [0.1, 0.15) is 17.0 Å². The van der Waals surface area contributed by atoms with E-state index in [1.54, 1.807) is 36.9 Å². The smallest absolute Gasteiger partial charge is 0.242 e. The van der Waals surface area contributed by atoms with Crippen molar-refractivity contribution in [3.8, 4) is 0 Å². The Kier molecular flexibility index (Phi) is 4.94. The van der Waals surface area contributed by atoms with Gasteiger partial charge in [0.25, 0.3) is 0 Å². The number of nitrogens with zero attached hydrogens (tertiary/aromatic N) is 3. The Morgan fingerprint density at radius 1 is 1.33 bits per heavy atom. The summed E-state index contributed by atoms with van der Waals surface area (Å²) >= 11 is 6.00. The monoisotopic (exact) mass is 329 g/mol. The predicted octanol–water partition coefficient (Wildman–Crippen LogP) is 0.666. The van der Waals surface area contributed by atoms with E-state index < -0.39 is 10.0 Å². The topological polar surface area (TPSA) is 88.9 Å². The molecule has 0 saturated heterocycles. The number of nitrogens with one attached hydrogen (secondary N) is 2. The Morgan fingerprint density at radius 3 is 2.71 bits per heavy atom. The molecule has 0 spiro atoms. The van der Waals surface area contributed by atoms with Crippen LogP contribution in [0.25, 0.3) is 0 Å². The van der Waals surface area contributed by atoms with Crippen LogP contribution in [0.2, 0.25) is 5.02 Å². The van der Waals surface area contributed by atoms with E-state index in [0.29, 0.717) is 12.4 Å². The maximum Gasteiger partial charge on any atom is 0.242 e. The van der Waals surface area contributed by atoms with Gasteiger partial charge in [-0.25, -0.2) is 13.1 Å². The Labute approximate surface area is 128 Å². The molecule has 9 heteroatoms. The minimum atomic E-state index is -3.72. The summed E-state index contributed by atoms with van der Waals surface area (Å²) in [7, 11) is -0.188. The quantitative estimate of drug-likeness (QED) is 0.813. The lowest BCUT2D eigenvalue weighted by molar-refractivity contribution is 0.577. The predicted molar refractivity (Wildman–Crippen MR) is 79.2 cm³/mol. The minimum Gasteiger partial charge on any atom is -0.320 e. The zero-order chi connectivity index (χ0) is 15.5. The summed E-state index contributed by atoms with van der Waals surface area (Å²) in [5, 5.41) is 10.7. The van der Waals surface area contributed by atoms with E-state index in [9.17, 15) is 8.42 Å². The third kappa shape index (κ3) is 3.79. The molecule has 1 aromatic carbocycles. The molecule has 0 aliphatic carbocycles. The first-order valence-corrected chi connectivity index (χ1v) is 8.05. The van der Waals surface area contributed by atoms with Gasteiger partial charge in [0.05, 0.1) is 11.6 Å². The van der Waals surface area contributed by atoms with E-state index in [1.807, 2.05) is 0 Å². The summed E-state index contributed by atoms with van der Waals surface area (Å²) in [4.78, 5) is 0.0547. The molecule has 0 fully saturated rings. The maximum absolute atomic E-state index is 12.3. The lowest BCUT2D eigenvalue weighted by Gasteiger charge is -2.10. The summed E-state index contributed by atoms with van der Waals surface area (Å²) in [6.07, 6.45) is 1.50. The molecule has 0 aliphatic rings. The molecule has 114 valence electrons. The Hall–Kier alpha value is -1.48. The van der Waals surface area contributed by atoms with Gasteiger partial charge in [0, 0.05) is 13.6 Å². The van der Waals surface area contributed by atoms with E-state index in [1.165, 1.54) is 6.33 Å². The second-order valence-corrected chi connectivity index (χ2v) is 6.62. The van der Waals surface area contributed by atoms with Crippen molar-refractivity contribution in [3.63, 3.8) is 0 Å². The molecule has 1 aromatic heterocycles. The first kappa shape index (κ1) is 15.9. The Morgan fingerprint density at radius 2 is 2.10 bits per heavy atom. The highest BCUT2D eigenvalue weighted by Crippen LogP contribution is 2.22. The second kappa shape index (κ2) is 6.52. The fourth-order valence-electron chi connectivity index (χ4n) is 1.77. The van der Waals surface area contributed by atoms with Crippen LogP contribution in [-0.2, 0) is 30.2 Å². The largest absolute Gasteiger partial charge is 0.320 e. The molecule has 0 aliphatic heterocycles. The first-order valence-electron chi connectivity index (χ1n) is 6.19. The van der Waals surface area contributed by atoms with Crippen LogP contribution in [0.15, 0.2) is 29.4 Å². The molecular weight excluding hydrogens is 314 g/mol. The molecular formula is C12H16ClN5O2S. The molecule has 0 saturated carbocycles. The Balaban J connectivity index is 2.22. The standard InChI is InChI=1S/C12H16ClN5O2S/c1-14-6-9-3-4-10(13)11(5-9)21(19,20)16-7-12-17-15-8-18(12)2/h3-5,8,14,16H,6-7H2,1-2H3. The first-order chi connectivity index (χ1) is 9.94. The van der Waals surface area contributed by atoms with Crippen LogP contribution in [0, 0.1) is 0 Å². The van der Waals surface area contributed by atoms with Crippen LogP contribution in [0.4, 0.5) is 0 Å². The molecule has 0 unspecified atom stereocenters. The Bertz CT molecular complexity index is 729. The van der Waals surface area contributed by atoms with E-state index >= 15 is 0 Å². The van der Waals surface area contributed by atoms with Gasteiger partial charge >= 0.3 is 0 Å². The van der Waals surface area contributed by atoms with Crippen LogP contribution in [0.1, 0.15) is 11.4 Å². The van der Waals surface area contributed by atoms with E-state index in [2.05, 4.69) is 20.2 Å². The average molecular weight is 330 g/mol. The van der Waals surface area contributed by atoms with Gasteiger partial charge < -0.3 is 9.88 Å². The summed E-state index contributed by atoms with van der Waals surface area (Å²) in [6, 6.07) is 4.91. The van der Waals surface area contributed by atoms with Crippen LogP contribution in [0.3, 0.4) is 0 Å². The van der Waals surface area contributed by atoms with Gasteiger partial charge in [-0.3, -0.25) is 0 Å². The lowest BCUT2D eigenvalue weighted by atomic mass is 10.2. The van der Waals surface area contributed by atoms with Crippen molar-refractivity contribution in [1.82, 2.24) is 24.8 Å². The lowest BCUT2D eigenvalue weighted by Crippen LogP contribution is -2.25. The molecule has 0 bridgehead atoms. The number of benzene rings is 1. The molecule has 1 heterocycles. The van der Waals surface area contributed by atoms with E-state index in [0.717, 1.165) is 5.56 Å². The van der Waals surface area contributed by atoms with Crippen molar-refractivity contribution in [1.29, 1.82) is 0 Å². The number of hydrogen-bond acceptors (Lipinski definition) is 5. The van der Waals surface area contributed by atoms with Crippen molar-refractivity contribution in [2.24, 2.45) is 7.05 Å². The molecule has 2 aromatic rings. The molecule has 21 heavy (non-hydrogen) atoms. The van der Waals surface area contributed by atoms with Gasteiger partial charge in [0.15, 0.2) is 0 Å². The van der Waals surface area contributed by atoms with Gasteiger partial charge in [-0.1, -0.05) is 17.7 Å². The minimum absolute atomic E-state index is 0.0470. The van der Waals surface area contributed by atoms with Crippen LogP contribution in [0.5, 0.6) is 0 Å². The second-order valence-electron chi connectivity index (χ2n) is 4.48. The third-order valence-corrected chi connectivity index (χ3v) is 4.77. The number of aromatic nitrogens is 3. The van der Waals surface area contributed by atoms with Crippen LogP contribution in [-0.4, -0.2) is 30.2 Å². The molecule has 0 radical (unpaired) electrons. The number of hydrogen-bond donors (Lipinski definition) is 2. The maximum atomic E-state index is 12.3. The zero-order valence-electron chi connectivity index (χ0n) is 11.7. The zero-order valence-corrected chi connectivity index (χ0v) is 13.2. The van der Waals surface area contributed by atoms with Crippen molar-refractivity contribution in [3.05, 3.63) is 40.9 Å². The van der Waals surface area contributed by atoms with Crippen molar-refractivity contribution in [2.45, 2.75) is 18.0 Å². The van der Waals surface area contributed by atoms with Crippen LogP contribution < -0.4 is 10.0 Å². The van der Waals surface area contributed by atoms with Gasteiger partial charge in [0.2, 0.25) is 10.0 Å². The summed E-state index contributed by atoms with van der Waals surface area (Å²) in [5.41, 5.74) is 0.834. The number of sulfonamides is 1. The normalized spacial score (nSPS) is 11.8. The molecule has 2 rings (SSSR count). The number of aryl methyl sites for hydroxylation is 1. The highest BCUT2D eigenvalue weighted by Gasteiger charge is 2.19. The average Bonchev–Trinajstić information content (AvgIpc) is 2.84. The third-order valence-electron chi connectivity index (χ3n) is 2.89. The molecule has 0 atom stereocenters. The van der Waals surface area contributed by atoms with Gasteiger partial charge in [-0.15, -0.1) is 10.2 Å². The summed E-state index contributed by atoms with van der Waals surface area (Å²) in [5.74, 6) is 0.515. The van der Waals surface area contributed by atoms with Gasteiger partial charge in [-0.2, -0.15) is 0 Å². The SMILES string of the molecule is CNCc1ccc(Cl)c(S(=O)(=O)NCc2nncn2C)c1. The fourth-order valence-corrected chi connectivity index (χ4v) is 3.30. The molecule has 0 amide bonds. The van der Waals surface area contributed by atoms with Gasteiger partial charge in [-0.05, 0) is 24.7 Å². The summed E-state index contributed by atoms with van der Waals surface area (Å²) < 4.78 is 28.8. The molecule has 2 N–H and O–H groups in total. The number of rotatable bonds is 6. The van der Waals surface area contributed by atoms with Crippen molar-refractivity contribution < 1.29 is 8.42 Å². The van der Waals surface area contributed by atoms with E-state index in [4.69, 9.17) is 11.6 Å².